The van der Waals surface area contributed by atoms with Gasteiger partial charge in [-0.1, -0.05) is 0 Å². The highest BCUT2D eigenvalue weighted by Gasteiger charge is 2.54. The number of fused-ring (bicyclic) bond motifs is 5. The molecule has 0 aromatic rings. The molecule has 0 aliphatic carbocycles. The largest absolute Gasteiger partial charge is 0.374 e. The van der Waals surface area contributed by atoms with E-state index < -0.39 is 5.54 Å². The molecular formula is C12H21ClN2O2. The lowest BCUT2D eigenvalue weighted by Gasteiger charge is -2.26. The first-order valence-corrected chi connectivity index (χ1v) is 6.20. The third-order valence-corrected chi connectivity index (χ3v) is 4.29. The predicted octanol–water partition coefficient (Wildman–Crippen LogP) is 0.781. The lowest BCUT2D eigenvalue weighted by Crippen LogP contribution is -2.50. The molecule has 3 aliphatic rings. The highest BCUT2D eigenvalue weighted by Crippen LogP contribution is 2.47. The topological polar surface area (TPSA) is 55.6 Å². The number of ether oxygens (including phenoxy) is 1. The zero-order valence-corrected chi connectivity index (χ0v) is 11.2. The van der Waals surface area contributed by atoms with Gasteiger partial charge < -0.3 is 15.4 Å². The molecule has 17 heavy (non-hydrogen) atoms. The van der Waals surface area contributed by atoms with Crippen LogP contribution in [0.15, 0.2) is 0 Å². The van der Waals surface area contributed by atoms with Crippen LogP contribution in [0.25, 0.3) is 0 Å². The number of rotatable bonds is 1. The number of likely N-dealkylation sites (tertiary alicyclic amines) is 1. The minimum Gasteiger partial charge on any atom is -0.374 e. The zero-order valence-electron chi connectivity index (χ0n) is 10.4. The van der Waals surface area contributed by atoms with Crippen molar-refractivity contribution in [3.05, 3.63) is 0 Å². The first-order valence-electron chi connectivity index (χ1n) is 6.20. The Morgan fingerprint density at radius 1 is 1.24 bits per heavy atom. The fourth-order valence-electron chi connectivity index (χ4n) is 3.53. The summed E-state index contributed by atoms with van der Waals surface area (Å²) in [5.74, 6) is 1.23. The third-order valence-electron chi connectivity index (χ3n) is 4.29. The fraction of sp³-hybridized carbons (Fsp3) is 0.917. The standard InChI is InChI=1S/C12H20N2O2.ClH/c1-12(2,13)11(15)14-5-7-8(6-14)10-4-3-9(7)16-10;/h7-10H,3-6,13H2,1-2H3;1H. The van der Waals surface area contributed by atoms with Gasteiger partial charge in [0.15, 0.2) is 0 Å². The van der Waals surface area contributed by atoms with Gasteiger partial charge in [-0.25, -0.2) is 0 Å². The van der Waals surface area contributed by atoms with E-state index in [1.807, 2.05) is 4.90 Å². The summed E-state index contributed by atoms with van der Waals surface area (Å²) in [4.78, 5) is 14.0. The van der Waals surface area contributed by atoms with Gasteiger partial charge in [0.1, 0.15) is 0 Å². The molecule has 1 amide bonds. The van der Waals surface area contributed by atoms with Crippen LogP contribution in [0.2, 0.25) is 0 Å². The Hall–Kier alpha value is -0.320. The van der Waals surface area contributed by atoms with E-state index in [0.29, 0.717) is 24.0 Å². The molecule has 4 atom stereocenters. The van der Waals surface area contributed by atoms with Crippen LogP contribution in [0.1, 0.15) is 26.7 Å². The van der Waals surface area contributed by atoms with E-state index >= 15 is 0 Å². The number of halogens is 1. The summed E-state index contributed by atoms with van der Waals surface area (Å²) in [6.45, 7) is 5.28. The van der Waals surface area contributed by atoms with Gasteiger partial charge in [0.2, 0.25) is 5.91 Å². The molecule has 3 rings (SSSR count). The summed E-state index contributed by atoms with van der Waals surface area (Å²) in [6.07, 6.45) is 3.18. The molecule has 4 unspecified atom stereocenters. The van der Waals surface area contributed by atoms with E-state index in [-0.39, 0.29) is 18.3 Å². The second-order valence-corrected chi connectivity index (χ2v) is 6.05. The number of carbonyl (C=O) groups is 1. The number of hydrogen-bond acceptors (Lipinski definition) is 3. The summed E-state index contributed by atoms with van der Waals surface area (Å²) in [6, 6.07) is 0. The summed E-state index contributed by atoms with van der Waals surface area (Å²) in [5, 5.41) is 0. The van der Waals surface area contributed by atoms with Gasteiger partial charge in [-0.2, -0.15) is 0 Å². The number of amides is 1. The maximum atomic E-state index is 12.1. The van der Waals surface area contributed by atoms with Crippen LogP contribution in [0.3, 0.4) is 0 Å². The molecule has 98 valence electrons. The van der Waals surface area contributed by atoms with Gasteiger partial charge in [-0.05, 0) is 26.7 Å². The Morgan fingerprint density at radius 3 is 2.12 bits per heavy atom. The van der Waals surface area contributed by atoms with Crippen molar-refractivity contribution < 1.29 is 9.53 Å². The molecule has 3 fully saturated rings. The number of nitrogens with two attached hydrogens (primary N) is 1. The highest BCUT2D eigenvalue weighted by atomic mass is 35.5. The molecular weight excluding hydrogens is 240 g/mol. The minimum atomic E-state index is -0.738. The molecule has 0 aromatic heterocycles. The number of hydrogen-bond donors (Lipinski definition) is 1. The quantitative estimate of drug-likeness (QED) is 0.758. The van der Waals surface area contributed by atoms with Crippen molar-refractivity contribution in [1.29, 1.82) is 0 Å². The van der Waals surface area contributed by atoms with Crippen molar-refractivity contribution in [3.63, 3.8) is 0 Å². The molecule has 3 heterocycles. The Balaban J connectivity index is 0.00000108. The average molecular weight is 261 g/mol. The molecule has 0 saturated carbocycles. The van der Waals surface area contributed by atoms with Gasteiger partial charge in [-0.3, -0.25) is 4.79 Å². The Labute approximate surface area is 108 Å². The zero-order chi connectivity index (χ0) is 11.5. The van der Waals surface area contributed by atoms with E-state index in [1.165, 1.54) is 12.8 Å². The molecule has 3 saturated heterocycles. The summed E-state index contributed by atoms with van der Waals surface area (Å²) in [7, 11) is 0. The van der Waals surface area contributed by atoms with Crippen LogP contribution in [0.5, 0.6) is 0 Å². The molecule has 4 nitrogen and oxygen atoms in total. The molecule has 3 aliphatic heterocycles. The van der Waals surface area contributed by atoms with E-state index in [4.69, 9.17) is 10.5 Å². The maximum Gasteiger partial charge on any atom is 0.242 e. The second kappa shape index (κ2) is 4.11. The van der Waals surface area contributed by atoms with E-state index in [1.54, 1.807) is 13.8 Å². The molecule has 2 N–H and O–H groups in total. The van der Waals surface area contributed by atoms with Gasteiger partial charge in [0, 0.05) is 24.9 Å². The Bertz CT molecular complexity index is 311. The SMILES string of the molecule is CC(C)(N)C(=O)N1CC2C3CCC(O3)C2C1.Cl. The minimum absolute atomic E-state index is 0. The predicted molar refractivity (Wildman–Crippen MR) is 67.0 cm³/mol. The Morgan fingerprint density at radius 2 is 1.71 bits per heavy atom. The lowest BCUT2D eigenvalue weighted by molar-refractivity contribution is -0.135. The molecule has 5 heteroatoms. The Kier molecular flexibility index (Phi) is 3.17. The molecule has 0 aromatic carbocycles. The highest BCUT2D eigenvalue weighted by molar-refractivity contribution is 5.85. The first-order chi connectivity index (χ1) is 7.47. The van der Waals surface area contributed by atoms with E-state index in [0.717, 1.165) is 13.1 Å². The van der Waals surface area contributed by atoms with Crippen molar-refractivity contribution in [2.45, 2.75) is 44.4 Å². The van der Waals surface area contributed by atoms with Gasteiger partial charge in [0.05, 0.1) is 17.7 Å². The van der Waals surface area contributed by atoms with Crippen LogP contribution in [0, 0.1) is 11.8 Å². The van der Waals surface area contributed by atoms with Crippen LogP contribution in [0.4, 0.5) is 0 Å². The molecule has 2 bridgehead atoms. The average Bonchev–Trinajstić information content (AvgIpc) is 2.86. The van der Waals surface area contributed by atoms with Crippen molar-refractivity contribution in [2.24, 2.45) is 17.6 Å². The van der Waals surface area contributed by atoms with Crippen LogP contribution in [-0.4, -0.2) is 41.6 Å². The summed E-state index contributed by atoms with van der Waals surface area (Å²) < 4.78 is 5.88. The number of nitrogens with zero attached hydrogens (tertiary/aromatic N) is 1. The van der Waals surface area contributed by atoms with Crippen LogP contribution in [-0.2, 0) is 9.53 Å². The van der Waals surface area contributed by atoms with Gasteiger partial charge in [0.25, 0.3) is 0 Å². The summed E-state index contributed by atoms with van der Waals surface area (Å²) in [5.41, 5.74) is 5.13. The number of carbonyl (C=O) groups excluding carboxylic acids is 1. The van der Waals surface area contributed by atoms with Crippen molar-refractivity contribution in [2.75, 3.05) is 13.1 Å². The second-order valence-electron chi connectivity index (χ2n) is 6.05. The van der Waals surface area contributed by atoms with E-state index in [2.05, 4.69) is 0 Å². The smallest absolute Gasteiger partial charge is 0.242 e. The van der Waals surface area contributed by atoms with Crippen LogP contribution >= 0.6 is 12.4 Å². The fourth-order valence-corrected chi connectivity index (χ4v) is 3.53. The molecule has 0 radical (unpaired) electrons. The molecule has 0 spiro atoms. The van der Waals surface area contributed by atoms with Crippen molar-refractivity contribution >= 4 is 18.3 Å². The third kappa shape index (κ3) is 1.96. The first kappa shape index (κ1) is 13.1. The van der Waals surface area contributed by atoms with Gasteiger partial charge >= 0.3 is 0 Å². The van der Waals surface area contributed by atoms with E-state index in [9.17, 15) is 4.79 Å². The van der Waals surface area contributed by atoms with Crippen LogP contribution < -0.4 is 5.73 Å². The van der Waals surface area contributed by atoms with Crippen molar-refractivity contribution in [1.82, 2.24) is 4.90 Å². The maximum absolute atomic E-state index is 12.1. The normalized spacial score (nSPS) is 39.1. The van der Waals surface area contributed by atoms with Crippen molar-refractivity contribution in [3.8, 4) is 0 Å². The monoisotopic (exact) mass is 260 g/mol. The lowest BCUT2D eigenvalue weighted by atomic mass is 9.82. The summed E-state index contributed by atoms with van der Waals surface area (Å²) >= 11 is 0. The van der Waals surface area contributed by atoms with Gasteiger partial charge in [-0.15, -0.1) is 12.4 Å².